The van der Waals surface area contributed by atoms with Crippen LogP contribution in [0, 0.1) is 20.8 Å². The maximum Gasteiger partial charge on any atom is 0.0705 e. The molecule has 2 heteroatoms. The standard InChI is InChI=1S/C19H20N2/c1-13-4-8-18(10-14(13)2)20-12-16-6-9-19-17(11-16)7-5-15(3)21-19/h4-11,20H,12H2,1-3H3. The van der Waals surface area contributed by atoms with Gasteiger partial charge in [0.2, 0.25) is 0 Å². The Labute approximate surface area is 125 Å². The highest BCUT2D eigenvalue weighted by Crippen LogP contribution is 2.18. The van der Waals surface area contributed by atoms with Gasteiger partial charge >= 0.3 is 0 Å². The van der Waals surface area contributed by atoms with Crippen molar-refractivity contribution in [3.63, 3.8) is 0 Å². The Morgan fingerprint density at radius 3 is 2.52 bits per heavy atom. The molecule has 0 amide bonds. The van der Waals surface area contributed by atoms with Gasteiger partial charge in [-0.05, 0) is 67.8 Å². The summed E-state index contributed by atoms with van der Waals surface area (Å²) in [7, 11) is 0. The molecule has 1 N–H and O–H groups in total. The van der Waals surface area contributed by atoms with Gasteiger partial charge < -0.3 is 5.32 Å². The van der Waals surface area contributed by atoms with E-state index >= 15 is 0 Å². The molecule has 0 bridgehead atoms. The Kier molecular flexibility index (Phi) is 3.61. The predicted molar refractivity (Wildman–Crippen MR) is 89.7 cm³/mol. The topological polar surface area (TPSA) is 24.9 Å². The SMILES string of the molecule is Cc1ccc2cc(CNc3ccc(C)c(C)c3)ccc2n1. The molecule has 0 spiro atoms. The summed E-state index contributed by atoms with van der Waals surface area (Å²) in [5.41, 5.74) is 7.20. The first kappa shape index (κ1) is 13.6. The van der Waals surface area contributed by atoms with Crippen LogP contribution in [-0.2, 0) is 6.54 Å². The van der Waals surface area contributed by atoms with Crippen LogP contribution in [-0.4, -0.2) is 4.98 Å². The van der Waals surface area contributed by atoms with Crippen LogP contribution in [0.3, 0.4) is 0 Å². The molecular formula is C19H20N2. The molecule has 21 heavy (non-hydrogen) atoms. The average Bonchev–Trinajstić information content (AvgIpc) is 2.48. The summed E-state index contributed by atoms with van der Waals surface area (Å²) in [6, 6.07) is 17.1. The van der Waals surface area contributed by atoms with E-state index in [-0.39, 0.29) is 0 Å². The number of nitrogens with zero attached hydrogens (tertiary/aromatic N) is 1. The second kappa shape index (κ2) is 5.57. The highest BCUT2D eigenvalue weighted by Gasteiger charge is 2.00. The van der Waals surface area contributed by atoms with Crippen molar-refractivity contribution < 1.29 is 0 Å². The number of aromatic nitrogens is 1. The molecule has 1 heterocycles. The van der Waals surface area contributed by atoms with Gasteiger partial charge in [0.1, 0.15) is 0 Å². The maximum atomic E-state index is 4.54. The Hall–Kier alpha value is -2.35. The first-order chi connectivity index (χ1) is 10.1. The lowest BCUT2D eigenvalue weighted by atomic mass is 10.1. The minimum absolute atomic E-state index is 0.826. The molecule has 2 aromatic carbocycles. The molecule has 106 valence electrons. The van der Waals surface area contributed by atoms with E-state index in [0.29, 0.717) is 0 Å². The monoisotopic (exact) mass is 276 g/mol. The molecule has 0 aliphatic carbocycles. The number of hydrogen-bond acceptors (Lipinski definition) is 2. The van der Waals surface area contributed by atoms with Gasteiger partial charge in [-0.15, -0.1) is 0 Å². The van der Waals surface area contributed by atoms with E-state index < -0.39 is 0 Å². The molecule has 0 aliphatic heterocycles. The lowest BCUT2D eigenvalue weighted by Crippen LogP contribution is -2.00. The molecule has 0 aliphatic rings. The van der Waals surface area contributed by atoms with Crippen molar-refractivity contribution in [3.8, 4) is 0 Å². The number of benzene rings is 2. The number of pyridine rings is 1. The second-order valence-electron chi connectivity index (χ2n) is 5.63. The average molecular weight is 276 g/mol. The van der Waals surface area contributed by atoms with Gasteiger partial charge in [0.25, 0.3) is 0 Å². The van der Waals surface area contributed by atoms with Crippen LogP contribution >= 0.6 is 0 Å². The van der Waals surface area contributed by atoms with Gasteiger partial charge in [0.05, 0.1) is 5.52 Å². The lowest BCUT2D eigenvalue weighted by molar-refractivity contribution is 1.15. The van der Waals surface area contributed by atoms with Crippen molar-refractivity contribution in [1.82, 2.24) is 4.98 Å². The van der Waals surface area contributed by atoms with E-state index in [9.17, 15) is 0 Å². The van der Waals surface area contributed by atoms with Crippen LogP contribution in [0.25, 0.3) is 10.9 Å². The number of anilines is 1. The molecule has 2 nitrogen and oxygen atoms in total. The van der Waals surface area contributed by atoms with Crippen LogP contribution in [0.2, 0.25) is 0 Å². The molecule has 1 aromatic heterocycles. The van der Waals surface area contributed by atoms with Crippen LogP contribution in [0.4, 0.5) is 5.69 Å². The summed E-state index contributed by atoms with van der Waals surface area (Å²) in [6.07, 6.45) is 0. The summed E-state index contributed by atoms with van der Waals surface area (Å²) in [5, 5.41) is 4.68. The van der Waals surface area contributed by atoms with Gasteiger partial charge in [0, 0.05) is 23.3 Å². The van der Waals surface area contributed by atoms with Crippen molar-refractivity contribution in [3.05, 3.63) is 70.9 Å². The van der Waals surface area contributed by atoms with E-state index in [1.807, 2.05) is 6.92 Å². The van der Waals surface area contributed by atoms with Crippen LogP contribution in [0.15, 0.2) is 48.5 Å². The Bertz CT molecular complexity index is 791. The van der Waals surface area contributed by atoms with Crippen LogP contribution < -0.4 is 5.32 Å². The fourth-order valence-electron chi connectivity index (χ4n) is 2.44. The molecule has 0 fully saturated rings. The molecule has 0 radical (unpaired) electrons. The fourth-order valence-corrected chi connectivity index (χ4v) is 2.44. The largest absolute Gasteiger partial charge is 0.381 e. The number of rotatable bonds is 3. The Morgan fingerprint density at radius 2 is 1.71 bits per heavy atom. The minimum Gasteiger partial charge on any atom is -0.381 e. The van der Waals surface area contributed by atoms with E-state index in [1.165, 1.54) is 27.8 Å². The summed E-state index contributed by atoms with van der Waals surface area (Å²) >= 11 is 0. The molecule has 3 rings (SSSR count). The first-order valence-electron chi connectivity index (χ1n) is 7.29. The Balaban J connectivity index is 1.78. The van der Waals surface area contributed by atoms with Crippen molar-refractivity contribution >= 4 is 16.6 Å². The third kappa shape index (κ3) is 3.05. The Morgan fingerprint density at radius 1 is 0.857 bits per heavy atom. The summed E-state index contributed by atoms with van der Waals surface area (Å²) < 4.78 is 0. The van der Waals surface area contributed by atoms with Gasteiger partial charge in [-0.2, -0.15) is 0 Å². The quantitative estimate of drug-likeness (QED) is 0.745. The molecule has 0 saturated heterocycles. The third-order valence-electron chi connectivity index (χ3n) is 3.90. The van der Waals surface area contributed by atoms with E-state index in [1.54, 1.807) is 0 Å². The smallest absolute Gasteiger partial charge is 0.0705 e. The normalized spacial score (nSPS) is 10.8. The predicted octanol–water partition coefficient (Wildman–Crippen LogP) is 4.77. The van der Waals surface area contributed by atoms with Gasteiger partial charge in [-0.3, -0.25) is 4.98 Å². The highest BCUT2D eigenvalue weighted by atomic mass is 14.9. The van der Waals surface area contributed by atoms with E-state index in [2.05, 4.69) is 72.7 Å². The number of fused-ring (bicyclic) bond motifs is 1. The first-order valence-corrected chi connectivity index (χ1v) is 7.29. The number of aryl methyl sites for hydroxylation is 3. The zero-order valence-corrected chi connectivity index (χ0v) is 12.8. The van der Waals surface area contributed by atoms with Crippen molar-refractivity contribution in [2.75, 3.05) is 5.32 Å². The number of nitrogens with one attached hydrogen (secondary N) is 1. The lowest BCUT2D eigenvalue weighted by Gasteiger charge is -2.09. The maximum absolute atomic E-state index is 4.54. The molecule has 0 atom stereocenters. The molecule has 0 unspecified atom stereocenters. The highest BCUT2D eigenvalue weighted by molar-refractivity contribution is 5.79. The molecule has 0 saturated carbocycles. The zero-order chi connectivity index (χ0) is 14.8. The van der Waals surface area contributed by atoms with Gasteiger partial charge in [-0.1, -0.05) is 18.2 Å². The summed E-state index contributed by atoms with van der Waals surface area (Å²) in [6.45, 7) is 7.13. The summed E-state index contributed by atoms with van der Waals surface area (Å²) in [4.78, 5) is 4.54. The van der Waals surface area contributed by atoms with Crippen LogP contribution in [0.5, 0.6) is 0 Å². The number of hydrogen-bond donors (Lipinski definition) is 1. The van der Waals surface area contributed by atoms with Gasteiger partial charge in [0.15, 0.2) is 0 Å². The summed E-state index contributed by atoms with van der Waals surface area (Å²) in [5.74, 6) is 0. The molecule has 3 aromatic rings. The van der Waals surface area contributed by atoms with Gasteiger partial charge in [-0.25, -0.2) is 0 Å². The fraction of sp³-hybridized carbons (Fsp3) is 0.211. The van der Waals surface area contributed by atoms with Crippen LogP contribution in [0.1, 0.15) is 22.4 Å². The van der Waals surface area contributed by atoms with E-state index in [4.69, 9.17) is 0 Å². The van der Waals surface area contributed by atoms with Crippen molar-refractivity contribution in [2.24, 2.45) is 0 Å². The van der Waals surface area contributed by atoms with Crippen molar-refractivity contribution in [1.29, 1.82) is 0 Å². The second-order valence-corrected chi connectivity index (χ2v) is 5.63. The van der Waals surface area contributed by atoms with Crippen molar-refractivity contribution in [2.45, 2.75) is 27.3 Å². The van der Waals surface area contributed by atoms with E-state index in [0.717, 1.165) is 17.8 Å². The molecular weight excluding hydrogens is 256 g/mol. The minimum atomic E-state index is 0.826. The zero-order valence-electron chi connectivity index (χ0n) is 12.8. The third-order valence-corrected chi connectivity index (χ3v) is 3.90.